The zero-order valence-corrected chi connectivity index (χ0v) is 12.9. The molecule has 0 spiro atoms. The number of nitrogens with zero attached hydrogens (tertiary/aromatic N) is 2. The summed E-state index contributed by atoms with van der Waals surface area (Å²) in [5.74, 6) is -0.193. The molecule has 0 saturated carbocycles. The zero-order valence-electron chi connectivity index (χ0n) is 12.1. The Hall–Kier alpha value is -2.81. The van der Waals surface area contributed by atoms with Gasteiger partial charge in [0.25, 0.3) is 5.91 Å². The van der Waals surface area contributed by atoms with E-state index < -0.39 is 11.9 Å². The van der Waals surface area contributed by atoms with Gasteiger partial charge in [-0.1, -0.05) is 0 Å². The Labute approximate surface area is 135 Å². The smallest absolute Gasteiger partial charge is 0.323 e. The summed E-state index contributed by atoms with van der Waals surface area (Å²) in [5, 5.41) is 13.9. The second-order valence-electron chi connectivity index (χ2n) is 4.79. The van der Waals surface area contributed by atoms with E-state index >= 15 is 0 Å². The molecule has 1 aromatic heterocycles. The van der Waals surface area contributed by atoms with E-state index in [0.717, 1.165) is 10.6 Å². The summed E-state index contributed by atoms with van der Waals surface area (Å²) in [4.78, 5) is 28.0. The molecule has 1 amide bonds. The number of fused-ring (bicyclic) bond motifs is 1. The number of nitrogens with one attached hydrogen (secondary N) is 1. The van der Waals surface area contributed by atoms with E-state index in [2.05, 4.69) is 10.3 Å². The van der Waals surface area contributed by atoms with Crippen LogP contribution in [0.1, 0.15) is 10.5 Å². The van der Waals surface area contributed by atoms with E-state index in [4.69, 9.17) is 14.6 Å². The predicted octanol–water partition coefficient (Wildman–Crippen LogP) is 1.77. The summed E-state index contributed by atoms with van der Waals surface area (Å²) >= 11 is 1.25. The highest BCUT2D eigenvalue weighted by molar-refractivity contribution is 7.14. The molecular weight excluding hydrogens is 322 g/mol. The third-order valence-electron chi connectivity index (χ3n) is 3.07. The average Bonchev–Trinajstić information content (AvgIpc) is 3.14. The normalized spacial score (nSPS) is 12.0. The summed E-state index contributed by atoms with van der Waals surface area (Å²) in [6.45, 7) is -0.175. The van der Waals surface area contributed by atoms with E-state index in [-0.39, 0.29) is 19.0 Å². The fraction of sp³-hybridized carbons (Fsp3) is 0.214. The predicted molar refractivity (Wildman–Crippen MR) is 82.6 cm³/mol. The first-order valence-electron chi connectivity index (χ1n) is 6.62. The first-order chi connectivity index (χ1) is 11.0. The number of aliphatic carboxylic acids is 1. The van der Waals surface area contributed by atoms with Gasteiger partial charge in [-0.2, -0.15) is 0 Å². The highest BCUT2D eigenvalue weighted by atomic mass is 32.1. The molecule has 0 aliphatic carbocycles. The van der Waals surface area contributed by atoms with E-state index in [1.54, 1.807) is 17.5 Å². The van der Waals surface area contributed by atoms with Gasteiger partial charge in [0.05, 0.1) is 0 Å². The minimum absolute atomic E-state index is 0.196. The molecule has 23 heavy (non-hydrogen) atoms. The summed E-state index contributed by atoms with van der Waals surface area (Å²) in [7, 11) is 1.42. The number of carboxylic acids is 1. The van der Waals surface area contributed by atoms with Crippen LogP contribution in [0.5, 0.6) is 11.5 Å². The van der Waals surface area contributed by atoms with Gasteiger partial charge in [0.15, 0.2) is 16.6 Å². The van der Waals surface area contributed by atoms with Gasteiger partial charge in [0.1, 0.15) is 12.2 Å². The lowest BCUT2D eigenvalue weighted by Gasteiger charge is -2.12. The Bertz CT molecular complexity index is 761. The Morgan fingerprint density at radius 2 is 2.17 bits per heavy atom. The summed E-state index contributed by atoms with van der Waals surface area (Å²) < 4.78 is 10.5. The molecule has 0 radical (unpaired) electrons. The number of aromatic nitrogens is 1. The molecular formula is C14H13N3O5S. The van der Waals surface area contributed by atoms with Crippen LogP contribution in [0.4, 0.5) is 10.8 Å². The molecule has 2 aromatic rings. The highest BCUT2D eigenvalue weighted by Gasteiger charge is 2.18. The van der Waals surface area contributed by atoms with Gasteiger partial charge in [-0.15, -0.1) is 11.3 Å². The van der Waals surface area contributed by atoms with Gasteiger partial charge in [-0.3, -0.25) is 9.59 Å². The van der Waals surface area contributed by atoms with Crippen LogP contribution in [0.2, 0.25) is 0 Å². The van der Waals surface area contributed by atoms with Crippen LogP contribution in [0.25, 0.3) is 0 Å². The van der Waals surface area contributed by atoms with E-state index in [9.17, 15) is 9.59 Å². The average molecular weight is 335 g/mol. The summed E-state index contributed by atoms with van der Waals surface area (Å²) in [5.41, 5.74) is 0.948. The van der Waals surface area contributed by atoms with Gasteiger partial charge in [0, 0.05) is 24.2 Å². The van der Waals surface area contributed by atoms with Crippen molar-refractivity contribution in [3.63, 3.8) is 0 Å². The number of hydrogen-bond donors (Lipinski definition) is 2. The van der Waals surface area contributed by atoms with Crippen molar-refractivity contribution in [2.24, 2.45) is 0 Å². The molecule has 0 fully saturated rings. The van der Waals surface area contributed by atoms with Crippen molar-refractivity contribution in [1.82, 2.24) is 9.88 Å². The summed E-state index contributed by atoms with van der Waals surface area (Å²) in [6.07, 6.45) is 0. The Balaban J connectivity index is 1.70. The number of thiazole rings is 1. The van der Waals surface area contributed by atoms with Crippen LogP contribution in [-0.4, -0.2) is 47.3 Å². The fourth-order valence-electron chi connectivity index (χ4n) is 2.00. The molecule has 0 bridgehead atoms. The molecule has 120 valence electrons. The van der Waals surface area contributed by atoms with Crippen molar-refractivity contribution >= 4 is 34.0 Å². The Morgan fingerprint density at radius 3 is 2.96 bits per heavy atom. The molecule has 1 aromatic carbocycles. The zero-order chi connectivity index (χ0) is 16.4. The molecule has 0 saturated heterocycles. The van der Waals surface area contributed by atoms with Gasteiger partial charge < -0.3 is 24.8 Å². The van der Waals surface area contributed by atoms with E-state index in [1.165, 1.54) is 18.4 Å². The van der Waals surface area contributed by atoms with E-state index in [0.29, 0.717) is 16.6 Å². The molecule has 9 heteroatoms. The summed E-state index contributed by atoms with van der Waals surface area (Å²) in [6, 6.07) is 5.37. The standard InChI is InChI=1S/C14H13N3O5S/c1-17(5-12(18)19)13(20)9-6-23-14(16-9)15-8-2-3-10-11(4-8)22-7-21-10/h2-4,6H,5,7H2,1H3,(H,15,16)(H,18,19). The van der Waals surface area contributed by atoms with Crippen molar-refractivity contribution in [3.05, 3.63) is 29.3 Å². The lowest BCUT2D eigenvalue weighted by atomic mass is 10.3. The van der Waals surface area contributed by atoms with Crippen LogP contribution in [-0.2, 0) is 4.79 Å². The van der Waals surface area contributed by atoms with Crippen molar-refractivity contribution < 1.29 is 24.2 Å². The number of ether oxygens (including phenoxy) is 2. The number of carboxylic acid groups (broad SMARTS) is 1. The number of hydrogen-bond acceptors (Lipinski definition) is 7. The van der Waals surface area contributed by atoms with Crippen LogP contribution in [0.3, 0.4) is 0 Å². The molecule has 1 aliphatic rings. The van der Waals surface area contributed by atoms with Crippen LogP contribution >= 0.6 is 11.3 Å². The number of anilines is 2. The molecule has 0 atom stereocenters. The van der Waals surface area contributed by atoms with Gasteiger partial charge >= 0.3 is 5.97 Å². The number of amides is 1. The maximum absolute atomic E-state index is 12.0. The number of likely N-dealkylation sites (N-methyl/N-ethyl adjacent to an activating group) is 1. The lowest BCUT2D eigenvalue weighted by Crippen LogP contribution is -2.32. The fourth-order valence-corrected chi connectivity index (χ4v) is 2.70. The van der Waals surface area contributed by atoms with Crippen molar-refractivity contribution in [1.29, 1.82) is 0 Å². The maximum Gasteiger partial charge on any atom is 0.323 e. The topological polar surface area (TPSA) is 101 Å². The Kier molecular flexibility index (Phi) is 4.02. The SMILES string of the molecule is CN(CC(=O)O)C(=O)c1csc(Nc2ccc3c(c2)OCO3)n1. The van der Waals surface area contributed by atoms with Crippen LogP contribution in [0.15, 0.2) is 23.6 Å². The lowest BCUT2D eigenvalue weighted by molar-refractivity contribution is -0.137. The number of carbonyl (C=O) groups is 2. The third-order valence-corrected chi connectivity index (χ3v) is 3.82. The highest BCUT2D eigenvalue weighted by Crippen LogP contribution is 2.35. The first-order valence-corrected chi connectivity index (χ1v) is 7.50. The third kappa shape index (κ3) is 3.34. The minimum atomic E-state index is -1.07. The number of benzene rings is 1. The van der Waals surface area contributed by atoms with Gasteiger partial charge in [0.2, 0.25) is 6.79 Å². The minimum Gasteiger partial charge on any atom is -0.480 e. The molecule has 0 unspecified atom stereocenters. The van der Waals surface area contributed by atoms with Crippen LogP contribution < -0.4 is 14.8 Å². The molecule has 3 rings (SSSR count). The van der Waals surface area contributed by atoms with Crippen LogP contribution in [0, 0.1) is 0 Å². The Morgan fingerprint density at radius 1 is 1.39 bits per heavy atom. The largest absolute Gasteiger partial charge is 0.480 e. The number of carbonyl (C=O) groups excluding carboxylic acids is 1. The van der Waals surface area contributed by atoms with Gasteiger partial charge in [-0.05, 0) is 12.1 Å². The van der Waals surface area contributed by atoms with Crippen molar-refractivity contribution in [3.8, 4) is 11.5 Å². The second kappa shape index (κ2) is 6.13. The van der Waals surface area contributed by atoms with Crippen molar-refractivity contribution in [2.75, 3.05) is 25.7 Å². The second-order valence-corrected chi connectivity index (χ2v) is 5.64. The number of rotatable bonds is 5. The quantitative estimate of drug-likeness (QED) is 0.858. The molecule has 8 nitrogen and oxygen atoms in total. The molecule has 2 heterocycles. The first kappa shape index (κ1) is 15.1. The van der Waals surface area contributed by atoms with Crippen molar-refractivity contribution in [2.45, 2.75) is 0 Å². The molecule has 1 aliphatic heterocycles. The molecule has 2 N–H and O–H groups in total. The van der Waals surface area contributed by atoms with E-state index in [1.807, 2.05) is 6.07 Å². The van der Waals surface area contributed by atoms with Gasteiger partial charge in [-0.25, -0.2) is 4.98 Å². The maximum atomic E-state index is 12.0. The monoisotopic (exact) mass is 335 g/mol.